The molecule has 3 N–H and O–H groups in total. The molecule has 0 saturated heterocycles. The Kier molecular flexibility index (Phi) is 6.29. The van der Waals surface area contributed by atoms with E-state index in [1.54, 1.807) is 7.11 Å². The molecule has 2 aromatic carbocycles. The van der Waals surface area contributed by atoms with E-state index in [2.05, 4.69) is 5.32 Å². The van der Waals surface area contributed by atoms with Gasteiger partial charge < -0.3 is 20.5 Å². The zero-order chi connectivity index (χ0) is 16.5. The van der Waals surface area contributed by atoms with Gasteiger partial charge in [0, 0.05) is 12.1 Å². The minimum Gasteiger partial charge on any atom is -0.497 e. The minimum atomic E-state index is 0.0140. The summed E-state index contributed by atoms with van der Waals surface area (Å²) < 4.78 is 10.6. The quantitative estimate of drug-likeness (QED) is 0.580. The van der Waals surface area contributed by atoms with E-state index in [1.165, 1.54) is 0 Å². The first kappa shape index (κ1) is 16.7. The fourth-order valence-electron chi connectivity index (χ4n) is 2.06. The Labute approximate surface area is 136 Å². The van der Waals surface area contributed by atoms with Crippen molar-refractivity contribution in [2.24, 2.45) is 0 Å². The van der Waals surface area contributed by atoms with E-state index in [4.69, 9.17) is 15.2 Å². The second kappa shape index (κ2) is 8.68. The molecule has 0 spiro atoms. The minimum absolute atomic E-state index is 0.0140. The topological polar surface area (TPSA) is 73.6 Å². The van der Waals surface area contributed by atoms with Crippen molar-refractivity contribution in [1.29, 1.82) is 0 Å². The fourth-order valence-corrected chi connectivity index (χ4v) is 2.06. The highest BCUT2D eigenvalue weighted by Gasteiger charge is 2.02. The van der Waals surface area contributed by atoms with Crippen LogP contribution < -0.4 is 20.5 Å². The second-order valence-corrected chi connectivity index (χ2v) is 5.12. The molecule has 23 heavy (non-hydrogen) atoms. The van der Waals surface area contributed by atoms with Crippen molar-refractivity contribution in [3.8, 4) is 11.5 Å². The van der Waals surface area contributed by atoms with Gasteiger partial charge in [0.1, 0.15) is 18.1 Å². The molecule has 122 valence electrons. The molecular weight excluding hydrogens is 292 g/mol. The van der Waals surface area contributed by atoms with Crippen molar-refractivity contribution < 1.29 is 14.3 Å². The Bertz CT molecular complexity index is 609. The number of carbonyl (C=O) groups is 1. The van der Waals surface area contributed by atoms with Gasteiger partial charge in [0.2, 0.25) is 5.91 Å². The molecule has 0 aromatic heterocycles. The maximum Gasteiger partial charge on any atom is 0.220 e. The maximum absolute atomic E-state index is 11.8. The third kappa shape index (κ3) is 5.90. The lowest BCUT2D eigenvalue weighted by Crippen LogP contribution is -2.28. The third-order valence-corrected chi connectivity index (χ3v) is 3.37. The summed E-state index contributed by atoms with van der Waals surface area (Å²) in [5.74, 6) is 1.55. The summed E-state index contributed by atoms with van der Waals surface area (Å²) in [5.41, 5.74) is 7.46. The largest absolute Gasteiger partial charge is 0.497 e. The molecule has 0 aliphatic carbocycles. The van der Waals surface area contributed by atoms with E-state index < -0.39 is 0 Å². The van der Waals surface area contributed by atoms with Crippen molar-refractivity contribution in [2.45, 2.75) is 12.8 Å². The van der Waals surface area contributed by atoms with Crippen LogP contribution in [0.25, 0.3) is 0 Å². The average Bonchev–Trinajstić information content (AvgIpc) is 2.59. The SMILES string of the molecule is COc1ccc(OCCNC(=O)CCc2ccc(N)cc2)cc1. The van der Waals surface area contributed by atoms with Gasteiger partial charge in [-0.15, -0.1) is 0 Å². The zero-order valence-electron chi connectivity index (χ0n) is 13.2. The van der Waals surface area contributed by atoms with Crippen LogP contribution in [0.3, 0.4) is 0 Å². The van der Waals surface area contributed by atoms with E-state index in [9.17, 15) is 4.79 Å². The third-order valence-electron chi connectivity index (χ3n) is 3.37. The average molecular weight is 314 g/mol. The summed E-state index contributed by atoms with van der Waals surface area (Å²) in [7, 11) is 1.62. The summed E-state index contributed by atoms with van der Waals surface area (Å²) in [6.45, 7) is 0.909. The lowest BCUT2D eigenvalue weighted by Gasteiger charge is -2.08. The van der Waals surface area contributed by atoms with Gasteiger partial charge in [-0.05, 0) is 48.4 Å². The Morgan fingerprint density at radius 2 is 1.70 bits per heavy atom. The van der Waals surface area contributed by atoms with Crippen LogP contribution >= 0.6 is 0 Å². The summed E-state index contributed by atoms with van der Waals surface area (Å²) in [6, 6.07) is 14.9. The number of hydrogen-bond acceptors (Lipinski definition) is 4. The van der Waals surface area contributed by atoms with Gasteiger partial charge in [-0.1, -0.05) is 12.1 Å². The molecule has 0 heterocycles. The standard InChI is InChI=1S/C18H22N2O3/c1-22-16-7-9-17(10-8-16)23-13-12-20-18(21)11-4-14-2-5-15(19)6-3-14/h2-3,5-10H,4,11-13,19H2,1H3,(H,20,21). The number of methoxy groups -OCH3 is 1. The van der Waals surface area contributed by atoms with Gasteiger partial charge in [0.15, 0.2) is 0 Å². The predicted octanol–water partition coefficient (Wildman–Crippen LogP) is 2.41. The maximum atomic E-state index is 11.8. The first-order chi connectivity index (χ1) is 11.2. The smallest absolute Gasteiger partial charge is 0.220 e. The van der Waals surface area contributed by atoms with E-state index in [0.29, 0.717) is 26.0 Å². The van der Waals surface area contributed by atoms with Crippen LogP contribution in [0.15, 0.2) is 48.5 Å². The predicted molar refractivity (Wildman–Crippen MR) is 90.7 cm³/mol. The molecule has 0 radical (unpaired) electrons. The van der Waals surface area contributed by atoms with E-state index >= 15 is 0 Å². The van der Waals surface area contributed by atoms with Crippen LogP contribution in [0.2, 0.25) is 0 Å². The highest BCUT2D eigenvalue weighted by atomic mass is 16.5. The number of benzene rings is 2. The molecule has 0 unspecified atom stereocenters. The van der Waals surface area contributed by atoms with E-state index in [0.717, 1.165) is 22.7 Å². The van der Waals surface area contributed by atoms with Gasteiger partial charge in [0.25, 0.3) is 0 Å². The van der Waals surface area contributed by atoms with E-state index in [1.807, 2.05) is 48.5 Å². The molecule has 1 amide bonds. The molecule has 0 atom stereocenters. The summed E-state index contributed by atoms with van der Waals surface area (Å²) >= 11 is 0. The van der Waals surface area contributed by atoms with Crippen LogP contribution in [0.1, 0.15) is 12.0 Å². The van der Waals surface area contributed by atoms with Crippen LogP contribution in [-0.2, 0) is 11.2 Å². The summed E-state index contributed by atoms with van der Waals surface area (Å²) in [5, 5.41) is 2.84. The molecule has 0 saturated carbocycles. The van der Waals surface area contributed by atoms with Crippen LogP contribution in [0, 0.1) is 0 Å². The molecule has 0 aliphatic rings. The van der Waals surface area contributed by atoms with Gasteiger partial charge in [-0.2, -0.15) is 0 Å². The van der Waals surface area contributed by atoms with Crippen molar-refractivity contribution in [3.05, 3.63) is 54.1 Å². The van der Waals surface area contributed by atoms with E-state index in [-0.39, 0.29) is 5.91 Å². The molecule has 2 aromatic rings. The molecule has 2 rings (SSSR count). The number of nitrogens with one attached hydrogen (secondary N) is 1. The molecule has 0 fully saturated rings. The van der Waals surface area contributed by atoms with Crippen LogP contribution in [0.5, 0.6) is 11.5 Å². The number of hydrogen-bond donors (Lipinski definition) is 2. The first-order valence-corrected chi connectivity index (χ1v) is 7.55. The lowest BCUT2D eigenvalue weighted by molar-refractivity contribution is -0.121. The Hall–Kier alpha value is -2.69. The number of nitrogen functional groups attached to an aromatic ring is 1. The fraction of sp³-hybridized carbons (Fsp3) is 0.278. The Morgan fingerprint density at radius 3 is 2.35 bits per heavy atom. The highest BCUT2D eigenvalue weighted by Crippen LogP contribution is 2.16. The number of anilines is 1. The van der Waals surface area contributed by atoms with Crippen molar-refractivity contribution in [3.63, 3.8) is 0 Å². The molecular formula is C18H22N2O3. The number of amides is 1. The summed E-state index contributed by atoms with van der Waals surface area (Å²) in [4.78, 5) is 11.8. The van der Waals surface area contributed by atoms with Gasteiger partial charge in [-0.25, -0.2) is 0 Å². The number of carbonyl (C=O) groups excluding carboxylic acids is 1. The first-order valence-electron chi connectivity index (χ1n) is 7.55. The number of aryl methyl sites for hydroxylation is 1. The van der Waals surface area contributed by atoms with Crippen LogP contribution in [0.4, 0.5) is 5.69 Å². The number of ether oxygens (including phenoxy) is 2. The Balaban J connectivity index is 1.61. The molecule has 5 nitrogen and oxygen atoms in total. The number of rotatable bonds is 8. The molecule has 5 heteroatoms. The van der Waals surface area contributed by atoms with Crippen LogP contribution in [-0.4, -0.2) is 26.2 Å². The van der Waals surface area contributed by atoms with Crippen molar-refractivity contribution in [1.82, 2.24) is 5.32 Å². The van der Waals surface area contributed by atoms with Gasteiger partial charge >= 0.3 is 0 Å². The van der Waals surface area contributed by atoms with Gasteiger partial charge in [0.05, 0.1) is 13.7 Å². The normalized spacial score (nSPS) is 10.1. The zero-order valence-corrected chi connectivity index (χ0v) is 13.2. The van der Waals surface area contributed by atoms with Crippen molar-refractivity contribution in [2.75, 3.05) is 26.0 Å². The second-order valence-electron chi connectivity index (χ2n) is 5.12. The Morgan fingerprint density at radius 1 is 1.04 bits per heavy atom. The molecule has 0 bridgehead atoms. The monoisotopic (exact) mass is 314 g/mol. The van der Waals surface area contributed by atoms with Crippen molar-refractivity contribution >= 4 is 11.6 Å². The molecule has 0 aliphatic heterocycles. The highest BCUT2D eigenvalue weighted by molar-refractivity contribution is 5.76. The van der Waals surface area contributed by atoms with Gasteiger partial charge in [-0.3, -0.25) is 4.79 Å². The lowest BCUT2D eigenvalue weighted by atomic mass is 10.1. The number of nitrogens with two attached hydrogens (primary N) is 1. The summed E-state index contributed by atoms with van der Waals surface area (Å²) in [6.07, 6.45) is 1.15.